The first kappa shape index (κ1) is 21.8. The molecular formula is C22H30BrN3O3S. The SMILES string of the molecule is Cc1c(C(=O)NC2CC3CCC(C3)C2)c2cccc(Br)c2n1CCCNS(C)(=O)=O. The molecule has 2 bridgehead atoms. The molecule has 2 N–H and O–H groups in total. The van der Waals surface area contributed by atoms with Crippen molar-refractivity contribution in [3.8, 4) is 0 Å². The fourth-order valence-electron chi connectivity index (χ4n) is 5.43. The molecule has 1 heterocycles. The van der Waals surface area contributed by atoms with Crippen LogP contribution < -0.4 is 10.0 Å². The van der Waals surface area contributed by atoms with Crippen molar-refractivity contribution in [3.63, 3.8) is 0 Å². The smallest absolute Gasteiger partial charge is 0.253 e. The molecule has 0 aliphatic heterocycles. The van der Waals surface area contributed by atoms with Crippen molar-refractivity contribution in [3.05, 3.63) is 33.9 Å². The molecule has 8 heteroatoms. The van der Waals surface area contributed by atoms with Crippen molar-refractivity contribution in [1.29, 1.82) is 0 Å². The van der Waals surface area contributed by atoms with E-state index in [0.717, 1.165) is 51.3 Å². The maximum atomic E-state index is 13.3. The Bertz CT molecular complexity index is 1050. The minimum atomic E-state index is -3.20. The first-order valence-corrected chi connectivity index (χ1v) is 13.4. The van der Waals surface area contributed by atoms with Crippen LogP contribution in [-0.2, 0) is 16.6 Å². The lowest BCUT2D eigenvalue weighted by molar-refractivity contribution is 0.0919. The summed E-state index contributed by atoms with van der Waals surface area (Å²) in [4.78, 5) is 13.3. The third-order valence-corrected chi connectivity index (χ3v) is 8.03. The number of amides is 1. The zero-order valence-corrected chi connectivity index (χ0v) is 20.0. The molecule has 2 saturated carbocycles. The van der Waals surface area contributed by atoms with Crippen molar-refractivity contribution in [2.45, 2.75) is 58.0 Å². The van der Waals surface area contributed by atoms with Crippen LogP contribution in [0.1, 0.15) is 54.6 Å². The van der Waals surface area contributed by atoms with E-state index in [-0.39, 0.29) is 11.9 Å². The summed E-state index contributed by atoms with van der Waals surface area (Å²) < 4.78 is 28.3. The van der Waals surface area contributed by atoms with Gasteiger partial charge < -0.3 is 9.88 Å². The summed E-state index contributed by atoms with van der Waals surface area (Å²) in [5, 5.41) is 4.27. The number of nitrogens with one attached hydrogen (secondary N) is 2. The number of aromatic nitrogens is 1. The third-order valence-electron chi connectivity index (χ3n) is 6.66. The maximum Gasteiger partial charge on any atom is 0.253 e. The van der Waals surface area contributed by atoms with Gasteiger partial charge in [0, 0.05) is 34.7 Å². The standard InChI is InChI=1S/C22H30BrN3O3S/c1-14-20(22(27)25-17-12-15-7-8-16(11-15)13-17)18-5-3-6-19(23)21(18)26(14)10-4-9-24-30(2,28)29/h3,5-6,15-17,24H,4,7-13H2,1-2H3,(H,25,27). The lowest BCUT2D eigenvalue weighted by atomic mass is 9.85. The minimum absolute atomic E-state index is 0.00918. The van der Waals surface area contributed by atoms with Gasteiger partial charge in [-0.25, -0.2) is 13.1 Å². The zero-order chi connectivity index (χ0) is 21.5. The molecule has 2 fully saturated rings. The molecule has 0 radical (unpaired) electrons. The van der Waals surface area contributed by atoms with E-state index in [1.807, 2.05) is 25.1 Å². The summed E-state index contributed by atoms with van der Waals surface area (Å²) in [5.41, 5.74) is 2.65. The van der Waals surface area contributed by atoms with Crippen LogP contribution in [-0.4, -0.2) is 37.7 Å². The number of benzene rings is 1. The Kier molecular flexibility index (Phi) is 6.28. The van der Waals surface area contributed by atoms with Gasteiger partial charge in [0.25, 0.3) is 5.91 Å². The third kappa shape index (κ3) is 4.60. The van der Waals surface area contributed by atoms with Gasteiger partial charge in [0.1, 0.15) is 0 Å². The Morgan fingerprint density at radius 1 is 1.20 bits per heavy atom. The van der Waals surface area contributed by atoms with E-state index in [4.69, 9.17) is 0 Å². The highest BCUT2D eigenvalue weighted by molar-refractivity contribution is 9.10. The lowest BCUT2D eigenvalue weighted by Gasteiger charge is -2.28. The monoisotopic (exact) mass is 495 g/mol. The molecule has 2 aliphatic carbocycles. The van der Waals surface area contributed by atoms with Crippen LogP contribution in [0.15, 0.2) is 22.7 Å². The van der Waals surface area contributed by atoms with Gasteiger partial charge in [0.2, 0.25) is 10.0 Å². The van der Waals surface area contributed by atoms with E-state index >= 15 is 0 Å². The molecule has 4 rings (SSSR count). The molecule has 0 saturated heterocycles. The predicted octanol–water partition coefficient (Wildman–Crippen LogP) is 3.96. The molecule has 1 aromatic heterocycles. The van der Waals surface area contributed by atoms with E-state index in [1.54, 1.807) is 0 Å². The highest BCUT2D eigenvalue weighted by Crippen LogP contribution is 2.42. The highest BCUT2D eigenvalue weighted by atomic mass is 79.9. The van der Waals surface area contributed by atoms with Gasteiger partial charge in [-0.1, -0.05) is 25.0 Å². The van der Waals surface area contributed by atoms with Gasteiger partial charge in [0.05, 0.1) is 17.3 Å². The zero-order valence-electron chi connectivity index (χ0n) is 17.6. The highest BCUT2D eigenvalue weighted by Gasteiger charge is 2.35. The van der Waals surface area contributed by atoms with Crippen molar-refractivity contribution >= 4 is 42.8 Å². The summed E-state index contributed by atoms with van der Waals surface area (Å²) in [6, 6.07) is 6.21. The summed E-state index contributed by atoms with van der Waals surface area (Å²) in [6.45, 7) is 2.99. The fraction of sp³-hybridized carbons (Fsp3) is 0.591. The first-order valence-electron chi connectivity index (χ1n) is 10.8. The summed E-state index contributed by atoms with van der Waals surface area (Å²) in [7, 11) is -3.20. The largest absolute Gasteiger partial charge is 0.349 e. The Labute approximate surface area is 187 Å². The van der Waals surface area contributed by atoms with Crippen molar-refractivity contribution in [1.82, 2.24) is 14.6 Å². The Hall–Kier alpha value is -1.38. The number of fused-ring (bicyclic) bond motifs is 3. The molecule has 2 aliphatic rings. The molecule has 2 aromatic rings. The number of rotatable bonds is 7. The molecular weight excluding hydrogens is 466 g/mol. The minimum Gasteiger partial charge on any atom is -0.349 e. The number of nitrogens with zero attached hydrogens (tertiary/aromatic N) is 1. The lowest BCUT2D eigenvalue weighted by Crippen LogP contribution is -2.39. The molecule has 1 aromatic carbocycles. The van der Waals surface area contributed by atoms with Gasteiger partial charge in [-0.05, 0) is 66.4 Å². The van der Waals surface area contributed by atoms with E-state index in [1.165, 1.54) is 25.5 Å². The van der Waals surface area contributed by atoms with E-state index in [0.29, 0.717) is 19.5 Å². The van der Waals surface area contributed by atoms with Gasteiger partial charge >= 0.3 is 0 Å². The van der Waals surface area contributed by atoms with Gasteiger partial charge in [0.15, 0.2) is 0 Å². The normalized spacial score (nSPS) is 23.8. The maximum absolute atomic E-state index is 13.3. The number of hydrogen-bond acceptors (Lipinski definition) is 3. The fourth-order valence-corrected chi connectivity index (χ4v) is 6.53. The Morgan fingerprint density at radius 3 is 2.57 bits per heavy atom. The predicted molar refractivity (Wildman–Crippen MR) is 123 cm³/mol. The van der Waals surface area contributed by atoms with E-state index < -0.39 is 10.0 Å². The molecule has 1 amide bonds. The number of carbonyl (C=O) groups excluding carboxylic acids is 1. The summed E-state index contributed by atoms with van der Waals surface area (Å²) in [6.07, 6.45) is 7.96. The van der Waals surface area contributed by atoms with Gasteiger partial charge in [-0.3, -0.25) is 4.79 Å². The average molecular weight is 496 g/mol. The first-order chi connectivity index (χ1) is 14.2. The van der Waals surface area contributed by atoms with Crippen molar-refractivity contribution < 1.29 is 13.2 Å². The van der Waals surface area contributed by atoms with Gasteiger partial charge in [-0.15, -0.1) is 0 Å². The van der Waals surface area contributed by atoms with Crippen molar-refractivity contribution in [2.24, 2.45) is 11.8 Å². The van der Waals surface area contributed by atoms with E-state index in [9.17, 15) is 13.2 Å². The molecule has 2 atom stereocenters. The van der Waals surface area contributed by atoms with Crippen LogP contribution in [0.5, 0.6) is 0 Å². The summed E-state index contributed by atoms with van der Waals surface area (Å²) in [5.74, 6) is 1.55. The second-order valence-electron chi connectivity index (χ2n) is 8.96. The van der Waals surface area contributed by atoms with Crippen LogP contribution >= 0.6 is 15.9 Å². The Balaban J connectivity index is 1.57. The van der Waals surface area contributed by atoms with Crippen LogP contribution in [0.25, 0.3) is 10.9 Å². The Morgan fingerprint density at radius 2 is 1.90 bits per heavy atom. The van der Waals surface area contributed by atoms with Crippen LogP contribution in [0.4, 0.5) is 0 Å². The number of para-hydroxylation sites is 1. The quantitative estimate of drug-likeness (QED) is 0.570. The molecule has 0 spiro atoms. The number of sulfonamides is 1. The van der Waals surface area contributed by atoms with Crippen molar-refractivity contribution in [2.75, 3.05) is 12.8 Å². The number of halogens is 1. The van der Waals surface area contributed by atoms with Crippen LogP contribution in [0, 0.1) is 18.8 Å². The van der Waals surface area contributed by atoms with Gasteiger partial charge in [-0.2, -0.15) is 0 Å². The van der Waals surface area contributed by atoms with E-state index in [2.05, 4.69) is 30.5 Å². The average Bonchev–Trinajstić information content (AvgIpc) is 3.15. The second-order valence-corrected chi connectivity index (χ2v) is 11.6. The number of hydrogen-bond donors (Lipinski definition) is 2. The molecule has 164 valence electrons. The second kappa shape index (κ2) is 8.63. The number of aryl methyl sites for hydroxylation is 1. The summed E-state index contributed by atoms with van der Waals surface area (Å²) >= 11 is 3.64. The molecule has 30 heavy (non-hydrogen) atoms. The topological polar surface area (TPSA) is 80.2 Å². The van der Waals surface area contributed by atoms with Crippen LogP contribution in [0.3, 0.4) is 0 Å². The molecule has 2 unspecified atom stereocenters. The molecule has 6 nitrogen and oxygen atoms in total. The van der Waals surface area contributed by atoms with Crippen LogP contribution in [0.2, 0.25) is 0 Å². The number of carbonyl (C=O) groups is 1.